The van der Waals surface area contributed by atoms with E-state index in [4.69, 9.17) is 0 Å². The Hall–Kier alpha value is -0.390. The van der Waals surface area contributed by atoms with E-state index in [1.54, 1.807) is 6.92 Å². The highest BCUT2D eigenvalue weighted by Crippen LogP contribution is 2.45. The quantitative estimate of drug-likeness (QED) is 0.150. The third-order valence-electron chi connectivity index (χ3n) is 4.30. The smallest absolute Gasteiger partial charge is 0.201 e. The van der Waals surface area contributed by atoms with Crippen molar-refractivity contribution in [3.05, 3.63) is 11.6 Å². The van der Waals surface area contributed by atoms with Crippen LogP contribution < -0.4 is 0 Å². The molecule has 0 aliphatic heterocycles. The highest BCUT2D eigenvalue weighted by molar-refractivity contribution is 8.09. The van der Waals surface area contributed by atoms with Gasteiger partial charge < -0.3 is 0 Å². The molecule has 0 amide bonds. The van der Waals surface area contributed by atoms with Crippen LogP contribution in [0.1, 0.15) is 78.6 Å². The van der Waals surface area contributed by atoms with Gasteiger partial charge in [-0.3, -0.25) is 0 Å². The van der Waals surface area contributed by atoms with Gasteiger partial charge in [-0.1, -0.05) is 61.6 Å². The lowest BCUT2D eigenvalue weighted by atomic mass is 10.0. The van der Waals surface area contributed by atoms with E-state index in [0.29, 0.717) is 25.7 Å². The van der Waals surface area contributed by atoms with Crippen LogP contribution in [0.2, 0.25) is 0 Å². The Kier molecular flexibility index (Phi) is 12.6. The number of sulfonamides is 2. The van der Waals surface area contributed by atoms with Crippen molar-refractivity contribution in [2.45, 2.75) is 95.2 Å². The van der Waals surface area contributed by atoms with Crippen molar-refractivity contribution in [2.75, 3.05) is 0 Å². The number of alkyl halides is 6. The Morgan fingerprint density at radius 1 is 0.806 bits per heavy atom. The van der Waals surface area contributed by atoms with Gasteiger partial charge in [-0.2, -0.15) is 26.3 Å². The number of unbranched alkanes of at least 4 members (excludes halogenated alkanes) is 3. The lowest BCUT2D eigenvalue weighted by Crippen LogP contribution is -2.45. The van der Waals surface area contributed by atoms with Crippen molar-refractivity contribution in [1.82, 2.24) is 3.48 Å². The first kappa shape index (κ1) is 30.6. The average Bonchev–Trinajstić information content (AvgIpc) is 2.63. The van der Waals surface area contributed by atoms with Crippen molar-refractivity contribution in [1.29, 1.82) is 0 Å². The second-order valence-electron chi connectivity index (χ2n) is 7.01. The van der Waals surface area contributed by atoms with Gasteiger partial charge in [0.15, 0.2) is 0 Å². The van der Waals surface area contributed by atoms with Gasteiger partial charge in [-0.05, 0) is 40.8 Å². The standard InChI is InChI=1S/C17H30F6NO4PS2/c1-4-7-10-14(11-8-5-2)13-15(12-9-6-3)29-24(30(25,26)16(18,19)20)31(27,28)17(21,22)23/h13,15,29H,4-12H2,1-3H3. The third-order valence-corrected chi connectivity index (χ3v) is 10.6. The van der Waals surface area contributed by atoms with Crippen molar-refractivity contribution in [3.8, 4) is 0 Å². The summed E-state index contributed by atoms with van der Waals surface area (Å²) in [6.45, 7) is 5.58. The summed E-state index contributed by atoms with van der Waals surface area (Å²) in [5.41, 5.74) is -12.7. The molecule has 0 spiro atoms. The summed E-state index contributed by atoms with van der Waals surface area (Å²) in [5.74, 6) is 0. The Labute approximate surface area is 182 Å². The summed E-state index contributed by atoms with van der Waals surface area (Å²) in [6, 6.07) is 0. The first-order chi connectivity index (χ1) is 14.1. The molecule has 0 N–H and O–H groups in total. The van der Waals surface area contributed by atoms with Crippen LogP contribution >= 0.6 is 8.73 Å². The monoisotopic (exact) mass is 521 g/mol. The lowest BCUT2D eigenvalue weighted by Gasteiger charge is -2.27. The van der Waals surface area contributed by atoms with Crippen LogP contribution in [-0.2, 0) is 20.0 Å². The summed E-state index contributed by atoms with van der Waals surface area (Å²) >= 11 is 0. The minimum atomic E-state index is -6.76. The van der Waals surface area contributed by atoms with E-state index < -0.39 is 48.9 Å². The maximum Gasteiger partial charge on any atom is 0.512 e. The predicted octanol–water partition coefficient (Wildman–Crippen LogP) is 6.45. The number of nitrogens with zero attached hydrogens (tertiary/aromatic N) is 1. The summed E-state index contributed by atoms with van der Waals surface area (Å²) in [7, 11) is -15.3. The molecule has 0 aromatic rings. The Balaban J connectivity index is 6.37. The third kappa shape index (κ3) is 9.17. The first-order valence-electron chi connectivity index (χ1n) is 9.94. The zero-order valence-electron chi connectivity index (χ0n) is 17.7. The maximum atomic E-state index is 13.0. The summed E-state index contributed by atoms with van der Waals surface area (Å²) in [5, 5.41) is 0. The fourth-order valence-electron chi connectivity index (χ4n) is 2.58. The summed E-state index contributed by atoms with van der Waals surface area (Å²) in [6.07, 6.45) is 6.68. The molecular formula is C17H30F6NO4PS2. The molecule has 14 heteroatoms. The van der Waals surface area contributed by atoms with E-state index in [9.17, 15) is 43.2 Å². The van der Waals surface area contributed by atoms with E-state index >= 15 is 0 Å². The fourth-order valence-corrected chi connectivity index (χ4v) is 7.96. The van der Waals surface area contributed by atoms with Gasteiger partial charge in [0.05, 0.1) is 0 Å². The average molecular weight is 522 g/mol. The van der Waals surface area contributed by atoms with Gasteiger partial charge in [0.1, 0.15) is 0 Å². The molecule has 2 atom stereocenters. The molecule has 0 radical (unpaired) electrons. The van der Waals surface area contributed by atoms with Crippen molar-refractivity contribution < 1.29 is 43.2 Å². The van der Waals surface area contributed by atoms with Crippen molar-refractivity contribution in [3.63, 3.8) is 0 Å². The van der Waals surface area contributed by atoms with Crippen molar-refractivity contribution >= 4 is 28.8 Å². The summed E-state index contributed by atoms with van der Waals surface area (Å²) in [4.78, 5) is 0. The second-order valence-corrected chi connectivity index (χ2v) is 12.9. The van der Waals surface area contributed by atoms with Gasteiger partial charge in [-0.25, -0.2) is 16.8 Å². The zero-order chi connectivity index (χ0) is 24.5. The minimum absolute atomic E-state index is 0.0634. The van der Waals surface area contributed by atoms with Crippen LogP contribution in [0.15, 0.2) is 11.6 Å². The number of hydrogen-bond acceptors (Lipinski definition) is 4. The summed E-state index contributed by atoms with van der Waals surface area (Å²) < 4.78 is 124. The SMILES string of the molecule is CCCCC(=CC(CCCC)PN(S(=O)(=O)C(F)(F)F)S(=O)(=O)C(F)(F)F)CCCC. The molecular weight excluding hydrogens is 491 g/mol. The normalized spacial score (nSPS) is 15.0. The molecule has 0 aromatic carbocycles. The largest absolute Gasteiger partial charge is 0.512 e. The van der Waals surface area contributed by atoms with E-state index in [0.717, 1.165) is 31.3 Å². The van der Waals surface area contributed by atoms with Gasteiger partial charge >= 0.3 is 31.1 Å². The topological polar surface area (TPSA) is 71.5 Å². The lowest BCUT2D eigenvalue weighted by molar-refractivity contribution is -0.0505. The number of allylic oxidation sites excluding steroid dienone is 2. The van der Waals surface area contributed by atoms with Crippen LogP contribution in [0.4, 0.5) is 26.3 Å². The Bertz CT molecular complexity index is 725. The number of rotatable bonds is 14. The van der Waals surface area contributed by atoms with Crippen LogP contribution in [-0.4, -0.2) is 37.0 Å². The Morgan fingerprint density at radius 2 is 1.19 bits per heavy atom. The molecule has 0 saturated heterocycles. The molecule has 0 saturated carbocycles. The highest BCUT2D eigenvalue weighted by atomic mass is 32.3. The van der Waals surface area contributed by atoms with E-state index in [2.05, 4.69) is 0 Å². The molecule has 0 fully saturated rings. The van der Waals surface area contributed by atoms with Gasteiger partial charge in [0.2, 0.25) is 0 Å². The molecule has 0 rings (SSSR count). The van der Waals surface area contributed by atoms with E-state index in [1.807, 2.05) is 13.8 Å². The van der Waals surface area contributed by atoms with Gasteiger partial charge in [0.25, 0.3) is 0 Å². The molecule has 186 valence electrons. The number of hydrogen-bond donors (Lipinski definition) is 0. The fraction of sp³-hybridized carbons (Fsp3) is 0.882. The molecule has 31 heavy (non-hydrogen) atoms. The van der Waals surface area contributed by atoms with Crippen LogP contribution in [0.25, 0.3) is 0 Å². The van der Waals surface area contributed by atoms with Crippen LogP contribution in [0, 0.1) is 0 Å². The number of halogens is 6. The molecule has 0 aliphatic rings. The van der Waals surface area contributed by atoms with Gasteiger partial charge in [0, 0.05) is 5.66 Å². The zero-order valence-corrected chi connectivity index (χ0v) is 20.3. The molecule has 0 aromatic heterocycles. The van der Waals surface area contributed by atoms with Crippen LogP contribution in [0.5, 0.6) is 0 Å². The van der Waals surface area contributed by atoms with E-state index in [1.165, 1.54) is 6.08 Å². The maximum absolute atomic E-state index is 13.0. The van der Waals surface area contributed by atoms with Gasteiger partial charge in [-0.15, -0.1) is 0 Å². The molecule has 0 aliphatic carbocycles. The highest BCUT2D eigenvalue weighted by Gasteiger charge is 2.61. The molecule has 0 bridgehead atoms. The molecule has 0 heterocycles. The van der Waals surface area contributed by atoms with E-state index in [-0.39, 0.29) is 6.42 Å². The van der Waals surface area contributed by atoms with Crippen LogP contribution in [0.3, 0.4) is 0 Å². The molecule has 5 nitrogen and oxygen atoms in total. The van der Waals surface area contributed by atoms with Crippen molar-refractivity contribution in [2.24, 2.45) is 0 Å². The second kappa shape index (κ2) is 12.7. The molecule has 2 unspecified atom stereocenters. The first-order valence-corrected chi connectivity index (χ1v) is 13.8. The Morgan fingerprint density at radius 3 is 1.52 bits per heavy atom. The predicted molar refractivity (Wildman–Crippen MR) is 111 cm³/mol. The minimum Gasteiger partial charge on any atom is -0.201 e.